The Balaban J connectivity index is 1.86. The zero-order valence-corrected chi connectivity index (χ0v) is 18.0. The van der Waals surface area contributed by atoms with Crippen molar-refractivity contribution in [1.29, 1.82) is 0 Å². The van der Waals surface area contributed by atoms with E-state index in [1.807, 2.05) is 24.3 Å². The molecule has 158 valence electrons. The van der Waals surface area contributed by atoms with Gasteiger partial charge in [-0.05, 0) is 47.2 Å². The number of carbonyl (C=O) groups excluding carboxylic acids is 1. The first-order valence-electron chi connectivity index (χ1n) is 9.26. The zero-order chi connectivity index (χ0) is 21.4. The smallest absolute Gasteiger partial charge is 0.258 e. The maximum absolute atomic E-state index is 14.0. The second-order valence-electron chi connectivity index (χ2n) is 7.13. The lowest BCUT2D eigenvalue weighted by molar-refractivity contribution is -0.123. The van der Waals surface area contributed by atoms with Gasteiger partial charge in [-0.1, -0.05) is 39.0 Å². The molecule has 0 radical (unpaired) electrons. The van der Waals surface area contributed by atoms with Gasteiger partial charge in [-0.2, -0.15) is 4.36 Å². The van der Waals surface area contributed by atoms with E-state index in [9.17, 15) is 13.4 Å². The number of hydrogen-bond donors (Lipinski definition) is 2. The van der Waals surface area contributed by atoms with Crippen LogP contribution in [0, 0.1) is 5.82 Å². The van der Waals surface area contributed by atoms with E-state index in [-0.39, 0.29) is 30.2 Å². The van der Waals surface area contributed by atoms with Crippen molar-refractivity contribution in [3.05, 3.63) is 59.4 Å². The number of halogens is 1. The van der Waals surface area contributed by atoms with Crippen molar-refractivity contribution < 1.29 is 22.3 Å². The molecule has 2 aromatic carbocycles. The van der Waals surface area contributed by atoms with Crippen LogP contribution in [-0.2, 0) is 31.8 Å². The van der Waals surface area contributed by atoms with Crippen LogP contribution in [-0.4, -0.2) is 23.8 Å². The molecule has 1 N–H and O–H groups in total. The van der Waals surface area contributed by atoms with Crippen molar-refractivity contribution in [1.82, 2.24) is 5.32 Å². The number of ether oxygens (including phenoxy) is 1. The number of thiol groups is 1. The highest BCUT2D eigenvalue weighted by Crippen LogP contribution is 2.28. The second kappa shape index (κ2) is 10.4. The van der Waals surface area contributed by atoms with E-state index in [1.165, 1.54) is 24.8 Å². The van der Waals surface area contributed by atoms with Gasteiger partial charge in [-0.3, -0.25) is 8.98 Å². The van der Waals surface area contributed by atoms with E-state index in [1.54, 1.807) is 6.07 Å². The maximum atomic E-state index is 14.0. The third kappa shape index (κ3) is 6.83. The molecular formula is C21H27FN2O4S. The van der Waals surface area contributed by atoms with Gasteiger partial charge in [-0.25, -0.2) is 8.60 Å². The van der Waals surface area contributed by atoms with Crippen LogP contribution in [0.2, 0.25) is 0 Å². The fourth-order valence-electron chi connectivity index (χ4n) is 2.48. The summed E-state index contributed by atoms with van der Waals surface area (Å²) in [7, 11) is -1.06. The fraction of sp³-hybridized carbons (Fsp3) is 0.381. The molecule has 0 heterocycles. The van der Waals surface area contributed by atoms with Crippen LogP contribution in [0.15, 0.2) is 46.8 Å². The monoisotopic (exact) mass is 422 g/mol. The summed E-state index contributed by atoms with van der Waals surface area (Å²) >= 11 is 0. The van der Waals surface area contributed by atoms with Gasteiger partial charge in [-0.15, -0.1) is 0 Å². The lowest BCUT2D eigenvalue weighted by Crippen LogP contribution is -2.28. The van der Waals surface area contributed by atoms with Crippen molar-refractivity contribution in [2.24, 2.45) is 4.36 Å². The Hall–Kier alpha value is -2.45. The largest absolute Gasteiger partial charge is 0.484 e. The zero-order valence-electron chi connectivity index (χ0n) is 17.1. The molecule has 29 heavy (non-hydrogen) atoms. The van der Waals surface area contributed by atoms with E-state index in [0.717, 1.165) is 6.42 Å². The summed E-state index contributed by atoms with van der Waals surface area (Å²) in [6.45, 7) is 6.50. The molecular weight excluding hydrogens is 395 g/mol. The van der Waals surface area contributed by atoms with Gasteiger partial charge in [0.25, 0.3) is 5.91 Å². The quantitative estimate of drug-likeness (QED) is 0.598. The number of carbonyl (C=O) groups is 1. The predicted molar refractivity (Wildman–Crippen MR) is 112 cm³/mol. The maximum Gasteiger partial charge on any atom is 0.258 e. The molecule has 1 atom stereocenters. The minimum absolute atomic E-state index is 0.0546. The predicted octanol–water partition coefficient (Wildman–Crippen LogP) is 4.07. The summed E-state index contributed by atoms with van der Waals surface area (Å²) in [5.74, 6) is -0.344. The van der Waals surface area contributed by atoms with E-state index in [2.05, 4.69) is 34.6 Å². The summed E-state index contributed by atoms with van der Waals surface area (Å²) in [5.41, 5.74) is 1.80. The van der Waals surface area contributed by atoms with Gasteiger partial charge in [0.15, 0.2) is 17.5 Å². The SMILES string of the molecule is CCC(C)(C)c1ccc(OCC(=O)NCc2ccc(N=[SH](=O)OC)c(F)c2)cc1. The number of amides is 1. The van der Waals surface area contributed by atoms with Crippen molar-refractivity contribution in [3.8, 4) is 5.75 Å². The van der Waals surface area contributed by atoms with Crippen LogP contribution in [0.1, 0.15) is 38.3 Å². The molecule has 0 bridgehead atoms. The van der Waals surface area contributed by atoms with Crippen LogP contribution in [0.25, 0.3) is 0 Å². The average molecular weight is 423 g/mol. The molecule has 6 nitrogen and oxygen atoms in total. The Kier molecular flexibility index (Phi) is 8.16. The summed E-state index contributed by atoms with van der Waals surface area (Å²) in [5, 5.41) is 2.67. The molecule has 1 amide bonds. The Morgan fingerprint density at radius 3 is 2.48 bits per heavy atom. The normalized spacial score (nSPS) is 12.6. The minimum Gasteiger partial charge on any atom is -0.484 e. The first-order valence-corrected chi connectivity index (χ1v) is 10.4. The van der Waals surface area contributed by atoms with Gasteiger partial charge in [0.2, 0.25) is 0 Å². The molecule has 0 aromatic heterocycles. The molecule has 0 fully saturated rings. The first-order chi connectivity index (χ1) is 13.7. The highest BCUT2D eigenvalue weighted by molar-refractivity contribution is 7.69. The van der Waals surface area contributed by atoms with Gasteiger partial charge >= 0.3 is 0 Å². The fourth-order valence-corrected chi connectivity index (χ4v) is 2.90. The third-order valence-electron chi connectivity index (χ3n) is 4.74. The summed E-state index contributed by atoms with van der Waals surface area (Å²) in [6.07, 6.45) is 1.02. The minimum atomic E-state index is -2.29. The van der Waals surface area contributed by atoms with Crippen molar-refractivity contribution >= 4 is 22.5 Å². The standard InChI is InChI=1S/C21H27FN2O4S/c1-5-21(2,3)16-7-9-17(10-8-16)28-14-20(25)23-13-15-6-11-19(18(22)12-15)24-29(26)27-4/h6-12,29H,5,13-14H2,1-4H3,(H,23,25). The van der Waals surface area contributed by atoms with Crippen molar-refractivity contribution in [2.75, 3.05) is 13.7 Å². The van der Waals surface area contributed by atoms with Gasteiger partial charge in [0, 0.05) is 6.54 Å². The summed E-state index contributed by atoms with van der Waals surface area (Å²) in [4.78, 5) is 12.0. The Morgan fingerprint density at radius 2 is 1.90 bits per heavy atom. The Labute approximate surface area is 172 Å². The van der Waals surface area contributed by atoms with Crippen LogP contribution in [0.4, 0.5) is 10.1 Å². The molecule has 2 aromatic rings. The lowest BCUT2D eigenvalue weighted by atomic mass is 9.82. The van der Waals surface area contributed by atoms with Crippen LogP contribution in [0.5, 0.6) is 5.75 Å². The topological polar surface area (TPSA) is 77.0 Å². The molecule has 0 aliphatic rings. The molecule has 0 aliphatic heterocycles. The highest BCUT2D eigenvalue weighted by atomic mass is 32.2. The molecule has 8 heteroatoms. The lowest BCUT2D eigenvalue weighted by Gasteiger charge is -2.23. The summed E-state index contributed by atoms with van der Waals surface area (Å²) in [6, 6.07) is 11.9. The molecule has 0 aliphatic carbocycles. The Bertz CT molecular complexity index is 923. The number of benzene rings is 2. The van der Waals surface area contributed by atoms with Crippen molar-refractivity contribution in [3.63, 3.8) is 0 Å². The number of rotatable bonds is 9. The number of nitrogens with one attached hydrogen (secondary N) is 1. The first kappa shape index (κ1) is 22.8. The molecule has 0 spiro atoms. The number of nitrogens with zero attached hydrogens (tertiary/aromatic N) is 1. The van der Waals surface area contributed by atoms with Gasteiger partial charge < -0.3 is 10.1 Å². The van der Waals surface area contributed by atoms with E-state index < -0.39 is 16.7 Å². The summed E-state index contributed by atoms with van der Waals surface area (Å²) < 4.78 is 38.8. The highest BCUT2D eigenvalue weighted by Gasteiger charge is 2.17. The van der Waals surface area contributed by atoms with Crippen LogP contribution >= 0.6 is 0 Å². The van der Waals surface area contributed by atoms with Crippen LogP contribution < -0.4 is 10.1 Å². The third-order valence-corrected chi connectivity index (χ3v) is 5.43. The molecule has 2 rings (SSSR count). The molecule has 0 saturated carbocycles. The molecule has 1 unspecified atom stereocenters. The van der Waals surface area contributed by atoms with E-state index >= 15 is 0 Å². The average Bonchev–Trinajstić information content (AvgIpc) is 2.72. The second-order valence-corrected chi connectivity index (χ2v) is 8.17. The van der Waals surface area contributed by atoms with Gasteiger partial charge in [0.1, 0.15) is 17.3 Å². The van der Waals surface area contributed by atoms with E-state index in [4.69, 9.17) is 4.74 Å². The molecule has 0 saturated heterocycles. The van der Waals surface area contributed by atoms with E-state index in [0.29, 0.717) is 11.3 Å². The Morgan fingerprint density at radius 1 is 1.21 bits per heavy atom. The van der Waals surface area contributed by atoms with Crippen molar-refractivity contribution in [2.45, 2.75) is 39.2 Å². The van der Waals surface area contributed by atoms with Crippen LogP contribution in [0.3, 0.4) is 0 Å². The van der Waals surface area contributed by atoms with Gasteiger partial charge in [0.05, 0.1) is 7.11 Å². The number of hydrogen-bond acceptors (Lipinski definition) is 5.